The monoisotopic (exact) mass is 376 g/mol. The van der Waals surface area contributed by atoms with Gasteiger partial charge in [-0.2, -0.15) is 0 Å². The van der Waals surface area contributed by atoms with Crippen molar-refractivity contribution < 1.29 is 4.79 Å². The highest BCUT2D eigenvalue weighted by molar-refractivity contribution is 7.99. The van der Waals surface area contributed by atoms with Crippen molar-refractivity contribution in [2.24, 2.45) is 0 Å². The number of Topliss-reactive ketones (excluding diaryl/α,β-unsaturated/α-hetero) is 1. The lowest BCUT2D eigenvalue weighted by atomic mass is 10.0. The lowest BCUT2D eigenvalue weighted by Crippen LogP contribution is -2.11. The number of nitrogens with zero attached hydrogens (tertiary/aromatic N) is 1. The van der Waals surface area contributed by atoms with E-state index in [1.54, 1.807) is 0 Å². The lowest BCUT2D eigenvalue weighted by Gasteiger charge is -2.05. The Kier molecular flexibility index (Phi) is 4.52. The van der Waals surface area contributed by atoms with Gasteiger partial charge in [0, 0.05) is 17.0 Å². The van der Waals surface area contributed by atoms with Crippen LogP contribution in [0.15, 0.2) is 70.6 Å². The first kappa shape index (κ1) is 17.1. The number of H-pyrrole nitrogens is 2. The average Bonchev–Trinajstić information content (AvgIpc) is 3.06. The van der Waals surface area contributed by atoms with Gasteiger partial charge in [0.1, 0.15) is 5.82 Å². The molecule has 4 aromatic rings. The zero-order valence-electron chi connectivity index (χ0n) is 14.2. The highest BCUT2D eigenvalue weighted by Crippen LogP contribution is 2.31. The summed E-state index contributed by atoms with van der Waals surface area (Å²) in [6.45, 7) is 0. The van der Waals surface area contributed by atoms with Crippen molar-refractivity contribution in [1.82, 2.24) is 15.0 Å². The topological polar surface area (TPSA) is 105 Å². The molecule has 7 heteroatoms. The Morgan fingerprint density at radius 2 is 1.78 bits per heavy atom. The number of para-hydroxylation sites is 1. The summed E-state index contributed by atoms with van der Waals surface area (Å²) in [6.07, 6.45) is 0. The van der Waals surface area contributed by atoms with E-state index < -0.39 is 0 Å². The Balaban J connectivity index is 1.71. The number of benzene rings is 2. The molecule has 0 saturated carbocycles. The number of thioether (sulfide) groups is 1. The third-order valence-corrected chi connectivity index (χ3v) is 5.00. The molecule has 0 amide bonds. The minimum absolute atomic E-state index is 0.0543. The van der Waals surface area contributed by atoms with E-state index in [-0.39, 0.29) is 22.9 Å². The molecule has 0 radical (unpaired) electrons. The Labute approximate surface area is 158 Å². The van der Waals surface area contributed by atoms with Crippen LogP contribution >= 0.6 is 11.8 Å². The summed E-state index contributed by atoms with van der Waals surface area (Å²) in [4.78, 5) is 34.6. The second-order valence-corrected chi connectivity index (χ2v) is 6.94. The van der Waals surface area contributed by atoms with Crippen LogP contribution in [0, 0.1) is 0 Å². The summed E-state index contributed by atoms with van der Waals surface area (Å²) in [5.74, 6) is 0.209. The summed E-state index contributed by atoms with van der Waals surface area (Å²) in [6, 6.07) is 18.7. The van der Waals surface area contributed by atoms with Crippen molar-refractivity contribution in [3.63, 3.8) is 0 Å². The Morgan fingerprint density at radius 3 is 2.56 bits per heavy atom. The van der Waals surface area contributed by atoms with Crippen LogP contribution in [0.5, 0.6) is 0 Å². The molecule has 6 nitrogen and oxygen atoms in total. The van der Waals surface area contributed by atoms with Crippen LogP contribution in [0.4, 0.5) is 5.82 Å². The number of nitrogens with two attached hydrogens (primary N) is 1. The van der Waals surface area contributed by atoms with Gasteiger partial charge in [-0.15, -0.1) is 0 Å². The van der Waals surface area contributed by atoms with Crippen molar-refractivity contribution in [2.45, 2.75) is 5.16 Å². The van der Waals surface area contributed by atoms with Gasteiger partial charge < -0.3 is 15.7 Å². The van der Waals surface area contributed by atoms with Crippen molar-refractivity contribution in [3.8, 4) is 11.3 Å². The predicted octanol–water partition coefficient (Wildman–Crippen LogP) is 3.48. The first-order chi connectivity index (χ1) is 13.1. The maximum absolute atomic E-state index is 13.1. The first-order valence-corrected chi connectivity index (χ1v) is 9.29. The third-order valence-electron chi connectivity index (χ3n) is 4.13. The van der Waals surface area contributed by atoms with Gasteiger partial charge in [-0.1, -0.05) is 60.3 Å². The van der Waals surface area contributed by atoms with E-state index in [9.17, 15) is 9.59 Å². The van der Waals surface area contributed by atoms with E-state index in [2.05, 4.69) is 15.0 Å². The second kappa shape index (κ2) is 7.13. The number of anilines is 1. The number of aromatic nitrogens is 3. The zero-order chi connectivity index (χ0) is 18.8. The largest absolute Gasteiger partial charge is 0.383 e. The van der Waals surface area contributed by atoms with Gasteiger partial charge in [-0.25, -0.2) is 4.98 Å². The number of fused-ring (bicyclic) bond motifs is 1. The molecule has 0 fully saturated rings. The molecule has 0 aliphatic heterocycles. The number of carbonyl (C=O) groups is 1. The second-order valence-electron chi connectivity index (χ2n) is 5.97. The molecule has 0 atom stereocenters. The van der Waals surface area contributed by atoms with Crippen LogP contribution in [-0.4, -0.2) is 26.5 Å². The molecule has 0 bridgehead atoms. The van der Waals surface area contributed by atoms with Gasteiger partial charge in [-0.05, 0) is 11.6 Å². The molecule has 0 spiro atoms. The Bertz CT molecular complexity index is 1180. The molecule has 2 aromatic carbocycles. The molecular weight excluding hydrogens is 360 g/mol. The highest BCUT2D eigenvalue weighted by atomic mass is 32.2. The van der Waals surface area contributed by atoms with Crippen molar-refractivity contribution >= 4 is 34.3 Å². The van der Waals surface area contributed by atoms with Crippen molar-refractivity contribution in [2.75, 3.05) is 11.5 Å². The van der Waals surface area contributed by atoms with Crippen LogP contribution in [0.3, 0.4) is 0 Å². The van der Waals surface area contributed by atoms with E-state index in [4.69, 9.17) is 5.73 Å². The molecule has 0 unspecified atom stereocenters. The SMILES string of the molecule is Nc1cc(=O)[nH]c(SCC(=O)c2c(-c3ccccc3)[nH]c3ccccc23)n1. The number of nitrogens with one attached hydrogen (secondary N) is 2. The molecule has 2 heterocycles. The number of rotatable bonds is 5. The number of aromatic amines is 2. The van der Waals surface area contributed by atoms with Crippen LogP contribution in [0.2, 0.25) is 0 Å². The van der Waals surface area contributed by atoms with E-state index in [0.29, 0.717) is 10.7 Å². The van der Waals surface area contributed by atoms with Gasteiger partial charge in [0.15, 0.2) is 10.9 Å². The molecular formula is C20H16N4O2S. The van der Waals surface area contributed by atoms with E-state index >= 15 is 0 Å². The molecule has 0 saturated heterocycles. The average molecular weight is 376 g/mol. The fourth-order valence-electron chi connectivity index (χ4n) is 2.98. The van der Waals surface area contributed by atoms with Crippen molar-refractivity contribution in [1.29, 1.82) is 0 Å². The molecule has 4 rings (SSSR count). The summed E-state index contributed by atoms with van der Waals surface area (Å²) in [7, 11) is 0. The maximum atomic E-state index is 13.1. The standard InChI is InChI=1S/C20H16N4O2S/c21-16-10-17(26)24-20(23-16)27-11-15(25)18-13-8-4-5-9-14(13)22-19(18)12-6-2-1-3-7-12/h1-10,22H,11H2,(H3,21,23,24,26). The predicted molar refractivity (Wildman–Crippen MR) is 108 cm³/mol. The number of carbonyl (C=O) groups excluding carboxylic acids is 1. The Morgan fingerprint density at radius 1 is 1.04 bits per heavy atom. The van der Waals surface area contributed by atoms with Gasteiger partial charge >= 0.3 is 0 Å². The Hall–Kier alpha value is -3.32. The van der Waals surface area contributed by atoms with Gasteiger partial charge in [0.25, 0.3) is 5.56 Å². The van der Waals surface area contributed by atoms with Gasteiger partial charge in [0.05, 0.1) is 17.0 Å². The van der Waals surface area contributed by atoms with Crippen LogP contribution in [0.1, 0.15) is 10.4 Å². The minimum atomic E-state index is -0.338. The summed E-state index contributed by atoms with van der Waals surface area (Å²) in [5.41, 5.74) is 8.53. The fraction of sp³-hybridized carbons (Fsp3) is 0.0500. The molecule has 2 aromatic heterocycles. The smallest absolute Gasteiger partial charge is 0.253 e. The van der Waals surface area contributed by atoms with E-state index in [1.165, 1.54) is 6.07 Å². The van der Waals surface area contributed by atoms with Crippen molar-refractivity contribution in [3.05, 3.63) is 76.6 Å². The lowest BCUT2D eigenvalue weighted by molar-refractivity contribution is 0.102. The molecule has 27 heavy (non-hydrogen) atoms. The first-order valence-electron chi connectivity index (χ1n) is 8.31. The summed E-state index contributed by atoms with van der Waals surface area (Å²) < 4.78 is 0. The van der Waals surface area contributed by atoms with E-state index in [1.807, 2.05) is 54.6 Å². The fourth-order valence-corrected chi connectivity index (χ4v) is 3.74. The summed E-state index contributed by atoms with van der Waals surface area (Å²) >= 11 is 1.16. The molecule has 0 aliphatic carbocycles. The van der Waals surface area contributed by atoms with E-state index in [0.717, 1.165) is 33.9 Å². The normalized spacial score (nSPS) is 11.0. The molecule has 4 N–H and O–H groups in total. The summed E-state index contributed by atoms with van der Waals surface area (Å²) in [5, 5.41) is 1.20. The third kappa shape index (κ3) is 3.50. The number of hydrogen-bond acceptors (Lipinski definition) is 5. The van der Waals surface area contributed by atoms with Gasteiger partial charge in [0.2, 0.25) is 0 Å². The maximum Gasteiger partial charge on any atom is 0.253 e. The number of nitrogen functional groups attached to an aromatic ring is 1. The number of ketones is 1. The van der Waals surface area contributed by atoms with Gasteiger partial charge in [-0.3, -0.25) is 9.59 Å². The molecule has 0 aliphatic rings. The van der Waals surface area contributed by atoms with Crippen LogP contribution in [0.25, 0.3) is 22.2 Å². The minimum Gasteiger partial charge on any atom is -0.383 e. The highest BCUT2D eigenvalue weighted by Gasteiger charge is 2.19. The molecule has 134 valence electrons. The quantitative estimate of drug-likeness (QED) is 0.281. The van der Waals surface area contributed by atoms with Crippen LogP contribution < -0.4 is 11.3 Å². The number of hydrogen-bond donors (Lipinski definition) is 3. The van der Waals surface area contributed by atoms with Crippen LogP contribution in [-0.2, 0) is 0 Å². The zero-order valence-corrected chi connectivity index (χ0v) is 15.0.